The van der Waals surface area contributed by atoms with E-state index in [1.807, 2.05) is 0 Å². The molecule has 2 N–H and O–H groups in total. The summed E-state index contributed by atoms with van der Waals surface area (Å²) in [5, 5.41) is 0. The normalized spacial score (nSPS) is 27.6. The molecule has 1 aliphatic rings. The SMILES string of the molecule is Cc1ccc(C2CCOCC2N)cc1. The monoisotopic (exact) mass is 191 g/mol. The highest BCUT2D eigenvalue weighted by molar-refractivity contribution is 5.26. The summed E-state index contributed by atoms with van der Waals surface area (Å²) in [6.07, 6.45) is 1.05. The maximum atomic E-state index is 6.02. The molecule has 1 aromatic rings. The lowest BCUT2D eigenvalue weighted by atomic mass is 9.88. The largest absolute Gasteiger partial charge is 0.380 e. The van der Waals surface area contributed by atoms with Gasteiger partial charge in [-0.25, -0.2) is 0 Å². The molecule has 2 atom stereocenters. The van der Waals surface area contributed by atoms with E-state index in [1.165, 1.54) is 11.1 Å². The molecule has 0 aromatic heterocycles. The lowest BCUT2D eigenvalue weighted by Gasteiger charge is -2.29. The number of ether oxygens (including phenoxy) is 1. The molecule has 2 unspecified atom stereocenters. The van der Waals surface area contributed by atoms with Crippen molar-refractivity contribution in [1.29, 1.82) is 0 Å². The molecule has 1 aliphatic heterocycles. The second-order valence-electron chi connectivity index (χ2n) is 4.04. The van der Waals surface area contributed by atoms with Gasteiger partial charge in [0.1, 0.15) is 0 Å². The maximum Gasteiger partial charge on any atom is 0.0623 e. The predicted octanol–water partition coefficient (Wildman–Crippen LogP) is 1.83. The summed E-state index contributed by atoms with van der Waals surface area (Å²) in [5.74, 6) is 0.476. The lowest BCUT2D eigenvalue weighted by Crippen LogP contribution is -2.37. The Labute approximate surface area is 85.1 Å². The van der Waals surface area contributed by atoms with Gasteiger partial charge in [-0.1, -0.05) is 29.8 Å². The lowest BCUT2D eigenvalue weighted by molar-refractivity contribution is 0.0696. The Bertz CT molecular complexity index is 294. The number of nitrogens with two attached hydrogens (primary N) is 1. The van der Waals surface area contributed by atoms with Crippen molar-refractivity contribution < 1.29 is 4.74 Å². The molecule has 2 nitrogen and oxygen atoms in total. The molecular formula is C12H17NO. The Hall–Kier alpha value is -0.860. The van der Waals surface area contributed by atoms with Crippen LogP contribution in [0.25, 0.3) is 0 Å². The van der Waals surface area contributed by atoms with Crippen molar-refractivity contribution in [1.82, 2.24) is 0 Å². The Balaban J connectivity index is 2.16. The van der Waals surface area contributed by atoms with Crippen LogP contribution in [0, 0.1) is 6.92 Å². The van der Waals surface area contributed by atoms with Crippen molar-refractivity contribution in [2.24, 2.45) is 5.73 Å². The van der Waals surface area contributed by atoms with Gasteiger partial charge in [-0.15, -0.1) is 0 Å². The number of aryl methyl sites for hydroxylation is 1. The first-order chi connectivity index (χ1) is 6.77. The Morgan fingerprint density at radius 2 is 2.00 bits per heavy atom. The van der Waals surface area contributed by atoms with Crippen LogP contribution in [-0.2, 0) is 4.74 Å². The zero-order valence-corrected chi connectivity index (χ0v) is 8.57. The fourth-order valence-electron chi connectivity index (χ4n) is 1.99. The van der Waals surface area contributed by atoms with Gasteiger partial charge < -0.3 is 10.5 Å². The number of hydrogen-bond donors (Lipinski definition) is 1. The summed E-state index contributed by atoms with van der Waals surface area (Å²) in [6, 6.07) is 8.83. The molecule has 2 rings (SSSR count). The fraction of sp³-hybridized carbons (Fsp3) is 0.500. The number of rotatable bonds is 1. The summed E-state index contributed by atoms with van der Waals surface area (Å²) in [7, 11) is 0. The standard InChI is InChI=1S/C12H17NO/c1-9-2-4-10(5-3-9)11-6-7-14-8-12(11)13/h2-5,11-12H,6-8,13H2,1H3. The van der Waals surface area contributed by atoms with E-state index in [0.717, 1.165) is 13.0 Å². The van der Waals surface area contributed by atoms with E-state index >= 15 is 0 Å². The molecule has 0 amide bonds. The van der Waals surface area contributed by atoms with Crippen molar-refractivity contribution in [3.05, 3.63) is 35.4 Å². The quantitative estimate of drug-likeness (QED) is 0.735. The molecule has 1 aromatic carbocycles. The molecule has 2 heteroatoms. The zero-order valence-electron chi connectivity index (χ0n) is 8.57. The van der Waals surface area contributed by atoms with Crippen molar-refractivity contribution in [3.63, 3.8) is 0 Å². The van der Waals surface area contributed by atoms with E-state index in [9.17, 15) is 0 Å². The number of benzene rings is 1. The third-order valence-electron chi connectivity index (χ3n) is 2.91. The Kier molecular flexibility index (Phi) is 2.85. The molecule has 14 heavy (non-hydrogen) atoms. The van der Waals surface area contributed by atoms with Crippen LogP contribution >= 0.6 is 0 Å². The summed E-state index contributed by atoms with van der Waals surface area (Å²) >= 11 is 0. The van der Waals surface area contributed by atoms with Gasteiger partial charge in [-0.3, -0.25) is 0 Å². The van der Waals surface area contributed by atoms with Crippen LogP contribution in [0.4, 0.5) is 0 Å². The van der Waals surface area contributed by atoms with Crippen molar-refractivity contribution in [3.8, 4) is 0 Å². The van der Waals surface area contributed by atoms with E-state index in [4.69, 9.17) is 10.5 Å². The van der Waals surface area contributed by atoms with E-state index in [0.29, 0.717) is 12.5 Å². The molecule has 1 heterocycles. The summed E-state index contributed by atoms with van der Waals surface area (Å²) < 4.78 is 5.33. The molecular weight excluding hydrogens is 174 g/mol. The zero-order chi connectivity index (χ0) is 9.97. The fourth-order valence-corrected chi connectivity index (χ4v) is 1.99. The van der Waals surface area contributed by atoms with Gasteiger partial charge in [0.05, 0.1) is 6.61 Å². The summed E-state index contributed by atoms with van der Waals surface area (Å²) in [4.78, 5) is 0. The topological polar surface area (TPSA) is 35.2 Å². The van der Waals surface area contributed by atoms with E-state index in [2.05, 4.69) is 31.2 Å². The van der Waals surface area contributed by atoms with Gasteiger partial charge >= 0.3 is 0 Å². The minimum absolute atomic E-state index is 0.159. The van der Waals surface area contributed by atoms with Gasteiger partial charge in [0, 0.05) is 18.6 Å². The molecule has 0 saturated carbocycles. The molecule has 1 saturated heterocycles. The van der Waals surface area contributed by atoms with Crippen molar-refractivity contribution in [2.75, 3.05) is 13.2 Å². The van der Waals surface area contributed by atoms with Crippen LogP contribution in [0.15, 0.2) is 24.3 Å². The molecule has 1 fully saturated rings. The van der Waals surface area contributed by atoms with Gasteiger partial charge in [0.15, 0.2) is 0 Å². The minimum atomic E-state index is 0.159. The van der Waals surface area contributed by atoms with E-state index in [-0.39, 0.29) is 6.04 Å². The van der Waals surface area contributed by atoms with Crippen molar-refractivity contribution >= 4 is 0 Å². The average Bonchev–Trinajstić information content (AvgIpc) is 2.20. The van der Waals surface area contributed by atoms with Crippen LogP contribution in [-0.4, -0.2) is 19.3 Å². The first-order valence-electron chi connectivity index (χ1n) is 5.17. The summed E-state index contributed by atoms with van der Waals surface area (Å²) in [6.45, 7) is 3.64. The average molecular weight is 191 g/mol. The maximum absolute atomic E-state index is 6.02. The van der Waals surface area contributed by atoms with E-state index < -0.39 is 0 Å². The molecule has 0 aliphatic carbocycles. The highest BCUT2D eigenvalue weighted by Gasteiger charge is 2.23. The van der Waals surface area contributed by atoms with Crippen LogP contribution in [0.2, 0.25) is 0 Å². The Morgan fingerprint density at radius 3 is 2.64 bits per heavy atom. The first-order valence-corrected chi connectivity index (χ1v) is 5.17. The third kappa shape index (κ3) is 1.97. The molecule has 76 valence electrons. The Morgan fingerprint density at radius 1 is 1.29 bits per heavy atom. The van der Waals surface area contributed by atoms with Gasteiger partial charge in [0.2, 0.25) is 0 Å². The third-order valence-corrected chi connectivity index (χ3v) is 2.91. The van der Waals surface area contributed by atoms with Crippen molar-refractivity contribution in [2.45, 2.75) is 25.3 Å². The van der Waals surface area contributed by atoms with Crippen LogP contribution < -0.4 is 5.73 Å². The second kappa shape index (κ2) is 4.11. The smallest absolute Gasteiger partial charge is 0.0623 e. The number of hydrogen-bond acceptors (Lipinski definition) is 2. The van der Waals surface area contributed by atoms with Gasteiger partial charge in [0.25, 0.3) is 0 Å². The predicted molar refractivity (Wildman–Crippen MR) is 57.3 cm³/mol. The van der Waals surface area contributed by atoms with Gasteiger partial charge in [-0.2, -0.15) is 0 Å². The molecule has 0 bridgehead atoms. The van der Waals surface area contributed by atoms with Crippen LogP contribution in [0.1, 0.15) is 23.5 Å². The molecule has 0 radical (unpaired) electrons. The van der Waals surface area contributed by atoms with E-state index in [1.54, 1.807) is 0 Å². The minimum Gasteiger partial charge on any atom is -0.380 e. The highest BCUT2D eigenvalue weighted by Crippen LogP contribution is 2.26. The first kappa shape index (κ1) is 9.69. The van der Waals surface area contributed by atoms with Gasteiger partial charge in [-0.05, 0) is 18.9 Å². The van der Waals surface area contributed by atoms with Crippen LogP contribution in [0.5, 0.6) is 0 Å². The second-order valence-corrected chi connectivity index (χ2v) is 4.04. The summed E-state index contributed by atoms with van der Waals surface area (Å²) in [5.41, 5.74) is 8.68. The highest BCUT2D eigenvalue weighted by atomic mass is 16.5. The molecule has 0 spiro atoms. The van der Waals surface area contributed by atoms with Crippen LogP contribution in [0.3, 0.4) is 0 Å².